The number of hydrogen-bond donors (Lipinski definition) is 0. The number of allylic oxidation sites excluding steroid dienone is 20. The van der Waals surface area contributed by atoms with Gasteiger partial charge in [0.05, 0.1) is 27.7 Å². The van der Waals surface area contributed by atoms with Gasteiger partial charge in [-0.2, -0.15) is 0 Å². The quantitative estimate of drug-likeness (QED) is 0.0195. The summed E-state index contributed by atoms with van der Waals surface area (Å²) in [6.45, 7) is 4.14. The molecule has 2 unspecified atom stereocenters. The van der Waals surface area contributed by atoms with Gasteiger partial charge in [0.1, 0.15) is 19.8 Å². The Morgan fingerprint density at radius 2 is 0.606 bits per heavy atom. The molecule has 0 bridgehead atoms. The Morgan fingerprint density at radius 3 is 0.904 bits per heavy atom. The van der Waals surface area contributed by atoms with Crippen LogP contribution in [0.25, 0.3) is 0 Å². The van der Waals surface area contributed by atoms with Crippen molar-refractivity contribution in [2.45, 2.75) is 354 Å². The van der Waals surface area contributed by atoms with Gasteiger partial charge < -0.3 is 27.9 Å². The Morgan fingerprint density at radius 1 is 0.340 bits per heavy atom. The smallest absolute Gasteiger partial charge is 0.306 e. The third kappa shape index (κ3) is 77.4. The molecule has 0 aliphatic heterocycles. The first-order chi connectivity index (χ1) is 46.0. The van der Waals surface area contributed by atoms with E-state index in [0.29, 0.717) is 17.4 Å². The maximum absolute atomic E-state index is 12.9. The average molecular weight is 1330 g/mol. The van der Waals surface area contributed by atoms with Gasteiger partial charge in [-0.3, -0.25) is 14.2 Å². The van der Waals surface area contributed by atoms with Gasteiger partial charge >= 0.3 is 11.9 Å². The molecular formula is C84H148NO8P. The topological polar surface area (TPSA) is 111 Å². The van der Waals surface area contributed by atoms with Crippen LogP contribution >= 0.6 is 7.82 Å². The first kappa shape index (κ1) is 90.4. The molecule has 542 valence electrons. The number of quaternary nitrogens is 1. The van der Waals surface area contributed by atoms with E-state index in [2.05, 4.69) is 135 Å². The lowest BCUT2D eigenvalue weighted by molar-refractivity contribution is -0.870. The highest BCUT2D eigenvalue weighted by Gasteiger charge is 2.22. The van der Waals surface area contributed by atoms with Gasteiger partial charge in [0, 0.05) is 12.8 Å². The number of phosphoric acid groups is 1. The molecule has 0 aliphatic carbocycles. The molecule has 0 saturated carbocycles. The van der Waals surface area contributed by atoms with Crippen molar-refractivity contribution in [2.75, 3.05) is 47.5 Å². The molecular weight excluding hydrogens is 1180 g/mol. The SMILES string of the molecule is CC/C=C\C/C=C\C/C=C\C/C=C\C/C=C\C/C=C\C/C=C\C/C=C\CCCCCCCCCCC(=O)OC(COC(=O)CCCCCCCCCCCCCCCCCCCCCCCCCCC/C=C\C/C=C\CCCCCCC)COP(=O)([O-])OCC[N+](C)(C)C. The maximum atomic E-state index is 12.9. The molecule has 0 spiro atoms. The van der Waals surface area contributed by atoms with Gasteiger partial charge in [0.15, 0.2) is 6.10 Å². The van der Waals surface area contributed by atoms with Gasteiger partial charge in [0.25, 0.3) is 7.82 Å². The van der Waals surface area contributed by atoms with Gasteiger partial charge in [-0.15, -0.1) is 0 Å². The highest BCUT2D eigenvalue weighted by molar-refractivity contribution is 7.45. The molecule has 0 aliphatic rings. The molecule has 0 N–H and O–H groups in total. The van der Waals surface area contributed by atoms with Crippen molar-refractivity contribution in [1.29, 1.82) is 0 Å². The third-order valence-corrected chi connectivity index (χ3v) is 17.9. The summed E-state index contributed by atoms with van der Waals surface area (Å²) in [5.74, 6) is -0.836. The third-order valence-electron chi connectivity index (χ3n) is 17.0. The molecule has 10 heteroatoms. The van der Waals surface area contributed by atoms with Crippen LogP contribution < -0.4 is 4.89 Å². The van der Waals surface area contributed by atoms with Crippen LogP contribution in [0.1, 0.15) is 348 Å². The van der Waals surface area contributed by atoms with E-state index < -0.39 is 26.5 Å². The van der Waals surface area contributed by atoms with Crippen LogP contribution in [0.4, 0.5) is 0 Å². The molecule has 0 heterocycles. The molecule has 0 aromatic heterocycles. The number of rotatable bonds is 72. The molecule has 0 amide bonds. The van der Waals surface area contributed by atoms with Crippen molar-refractivity contribution >= 4 is 19.8 Å². The summed E-state index contributed by atoms with van der Waals surface area (Å²) >= 11 is 0. The van der Waals surface area contributed by atoms with E-state index in [0.717, 1.165) is 103 Å². The minimum atomic E-state index is -4.65. The first-order valence-electron chi connectivity index (χ1n) is 39.2. The lowest BCUT2D eigenvalue weighted by atomic mass is 10.0. The van der Waals surface area contributed by atoms with E-state index in [-0.39, 0.29) is 32.0 Å². The second kappa shape index (κ2) is 73.7. The highest BCUT2D eigenvalue weighted by atomic mass is 31.2. The zero-order valence-corrected chi connectivity index (χ0v) is 62.8. The lowest BCUT2D eigenvalue weighted by Crippen LogP contribution is -2.37. The fraction of sp³-hybridized carbons (Fsp3) is 0.738. The number of ether oxygens (including phenoxy) is 2. The summed E-state index contributed by atoms with van der Waals surface area (Å²) in [4.78, 5) is 38.2. The van der Waals surface area contributed by atoms with Crippen LogP contribution in [-0.2, 0) is 32.7 Å². The van der Waals surface area contributed by atoms with Crippen LogP contribution in [0, 0.1) is 0 Å². The van der Waals surface area contributed by atoms with E-state index >= 15 is 0 Å². The van der Waals surface area contributed by atoms with Gasteiger partial charge in [-0.05, 0) is 109 Å². The minimum Gasteiger partial charge on any atom is -0.756 e. The Bertz CT molecular complexity index is 2010. The summed E-state index contributed by atoms with van der Waals surface area (Å²) in [6, 6.07) is 0. The van der Waals surface area contributed by atoms with Crippen LogP contribution in [0.5, 0.6) is 0 Å². The van der Waals surface area contributed by atoms with Crippen molar-refractivity contribution in [2.24, 2.45) is 0 Å². The number of likely N-dealkylation sites (N-methyl/N-ethyl adjacent to an activating group) is 1. The predicted octanol–water partition coefficient (Wildman–Crippen LogP) is 25.5. The Balaban J connectivity index is 4.00. The van der Waals surface area contributed by atoms with Crippen molar-refractivity contribution in [3.8, 4) is 0 Å². The van der Waals surface area contributed by atoms with Crippen LogP contribution in [0.3, 0.4) is 0 Å². The predicted molar refractivity (Wildman–Crippen MR) is 406 cm³/mol. The molecule has 0 saturated heterocycles. The molecule has 0 aromatic rings. The maximum Gasteiger partial charge on any atom is 0.306 e. The Kier molecular flexibility index (Phi) is 70.8. The number of esters is 2. The number of phosphoric ester groups is 1. The van der Waals surface area contributed by atoms with Crippen molar-refractivity contribution < 1.29 is 42.1 Å². The molecule has 2 atom stereocenters. The van der Waals surface area contributed by atoms with Gasteiger partial charge in [-0.25, -0.2) is 0 Å². The van der Waals surface area contributed by atoms with E-state index in [9.17, 15) is 19.0 Å². The zero-order chi connectivity index (χ0) is 68.3. The number of hydrogen-bond acceptors (Lipinski definition) is 8. The Labute approximate surface area is 581 Å². The highest BCUT2D eigenvalue weighted by Crippen LogP contribution is 2.38. The fourth-order valence-electron chi connectivity index (χ4n) is 11.0. The van der Waals surface area contributed by atoms with Crippen LogP contribution in [0.2, 0.25) is 0 Å². The van der Waals surface area contributed by atoms with Crippen molar-refractivity contribution in [1.82, 2.24) is 0 Å². The number of carbonyl (C=O) groups excluding carboxylic acids is 2. The second-order valence-corrected chi connectivity index (χ2v) is 28.8. The summed E-state index contributed by atoms with van der Waals surface area (Å²) in [5.41, 5.74) is 0. The van der Waals surface area contributed by atoms with E-state index in [1.165, 1.54) is 212 Å². The van der Waals surface area contributed by atoms with Crippen LogP contribution in [0.15, 0.2) is 122 Å². The molecule has 0 aromatic carbocycles. The standard InChI is InChI=1S/C84H148NO8P/c1-6-8-10-12-14-16-18-20-22-24-26-28-30-32-34-36-38-40-41-42-43-45-46-48-50-52-54-56-58-60-62-64-66-68-70-72-74-76-83(86)90-80-82(81-92-94(88,89)91-79-78-85(3,4)5)93-84(87)77-75-73-71-69-67-65-63-61-59-57-55-53-51-49-47-44-39-37-35-33-31-29-27-25-23-21-19-17-15-13-11-9-7-2/h9,11,15,17-18,20-21,23-24,26-27,29,33,35,39,44,49,51,55,57,82H,6-8,10,12-14,16,19,22,25,28,30-32,34,36-38,40-43,45-48,50,52-54,56,58-81H2,1-5H3/b11-9-,17-15-,20-18-,23-21-,26-24-,29-27-,35-33-,44-39-,51-49-,57-55-. The van der Waals surface area contributed by atoms with E-state index in [4.69, 9.17) is 18.5 Å². The molecule has 0 radical (unpaired) electrons. The number of unbranched alkanes of at least 4 members (excludes halogenated alkanes) is 38. The van der Waals surface area contributed by atoms with E-state index in [1.54, 1.807) is 0 Å². The molecule has 0 rings (SSSR count). The van der Waals surface area contributed by atoms with Gasteiger partial charge in [0.2, 0.25) is 0 Å². The normalized spacial score (nSPS) is 13.7. The van der Waals surface area contributed by atoms with Crippen molar-refractivity contribution in [3.63, 3.8) is 0 Å². The molecule has 94 heavy (non-hydrogen) atoms. The largest absolute Gasteiger partial charge is 0.756 e. The van der Waals surface area contributed by atoms with Crippen molar-refractivity contribution in [3.05, 3.63) is 122 Å². The molecule has 9 nitrogen and oxygen atoms in total. The monoisotopic (exact) mass is 1330 g/mol. The summed E-state index contributed by atoms with van der Waals surface area (Å²) < 4.78 is 34.4. The summed E-state index contributed by atoms with van der Waals surface area (Å²) in [5, 5.41) is 0. The average Bonchev–Trinajstić information content (AvgIpc) is 1.56. The minimum absolute atomic E-state index is 0.0365. The molecule has 0 fully saturated rings. The number of carbonyl (C=O) groups is 2. The van der Waals surface area contributed by atoms with Gasteiger partial charge in [-0.1, -0.05) is 347 Å². The number of nitrogens with zero attached hydrogens (tertiary/aromatic N) is 1. The lowest BCUT2D eigenvalue weighted by Gasteiger charge is -2.28. The first-order valence-corrected chi connectivity index (χ1v) is 40.7. The second-order valence-electron chi connectivity index (χ2n) is 27.3. The van der Waals surface area contributed by atoms with E-state index in [1.807, 2.05) is 21.1 Å². The Hall–Kier alpha value is -3.59. The summed E-state index contributed by atoms with van der Waals surface area (Å²) in [7, 11) is 1.16. The fourth-order valence-corrected chi connectivity index (χ4v) is 11.7. The zero-order valence-electron chi connectivity index (χ0n) is 61.9. The van der Waals surface area contributed by atoms with Crippen LogP contribution in [-0.4, -0.2) is 70.0 Å². The summed E-state index contributed by atoms with van der Waals surface area (Å²) in [6.07, 6.45) is 106.